The molecule has 5 nitrogen and oxygen atoms in total. The van der Waals surface area contributed by atoms with Gasteiger partial charge in [0.15, 0.2) is 0 Å². The van der Waals surface area contributed by atoms with E-state index in [1.165, 1.54) is 0 Å². The van der Waals surface area contributed by atoms with Crippen molar-refractivity contribution in [1.82, 2.24) is 4.98 Å². The van der Waals surface area contributed by atoms with E-state index in [0.29, 0.717) is 10.9 Å². The molecule has 0 fully saturated rings. The number of hydrogen-bond acceptors (Lipinski definition) is 4. The molecule has 0 radical (unpaired) electrons. The molecule has 0 unspecified atom stereocenters. The van der Waals surface area contributed by atoms with Crippen LogP contribution in [0.5, 0.6) is 0 Å². The number of carbonyl (C=O) groups is 2. The van der Waals surface area contributed by atoms with E-state index in [0.717, 1.165) is 32.5 Å². The first-order valence-electron chi connectivity index (χ1n) is 7.44. The number of nitrogens with zero attached hydrogens (tertiary/aromatic N) is 1. The van der Waals surface area contributed by atoms with Crippen LogP contribution in [0.2, 0.25) is 0 Å². The molecule has 0 bridgehead atoms. The van der Waals surface area contributed by atoms with Crippen LogP contribution in [0, 0.1) is 0 Å². The summed E-state index contributed by atoms with van der Waals surface area (Å²) in [5, 5.41) is 20.1. The fraction of sp³-hybridized carbons (Fsp3) is 0. The summed E-state index contributed by atoms with van der Waals surface area (Å²) in [4.78, 5) is 26.9. The van der Waals surface area contributed by atoms with Crippen LogP contribution in [0.15, 0.2) is 54.6 Å². The van der Waals surface area contributed by atoms with E-state index in [2.05, 4.69) is 4.98 Å². The third kappa shape index (κ3) is 2.43. The summed E-state index contributed by atoms with van der Waals surface area (Å²) in [6, 6.07) is 16.1. The fourth-order valence-electron chi connectivity index (χ4n) is 2.97. The highest BCUT2D eigenvalue weighted by atomic mass is 32.1. The van der Waals surface area contributed by atoms with Gasteiger partial charge >= 0.3 is 11.9 Å². The average Bonchev–Trinajstić information content (AvgIpc) is 3.05. The zero-order valence-corrected chi connectivity index (χ0v) is 13.6. The van der Waals surface area contributed by atoms with Gasteiger partial charge in [-0.25, -0.2) is 14.6 Å². The summed E-state index contributed by atoms with van der Waals surface area (Å²) in [7, 11) is 0. The molecule has 0 aliphatic rings. The molecule has 0 atom stereocenters. The Balaban J connectivity index is 2.06. The zero-order valence-electron chi connectivity index (χ0n) is 12.8. The number of thiazole rings is 1. The first kappa shape index (κ1) is 15.3. The van der Waals surface area contributed by atoms with Gasteiger partial charge in [0, 0.05) is 5.56 Å². The second-order valence-corrected chi connectivity index (χ2v) is 6.49. The van der Waals surface area contributed by atoms with Crippen molar-refractivity contribution < 1.29 is 19.8 Å². The molecule has 6 heteroatoms. The summed E-state index contributed by atoms with van der Waals surface area (Å²) in [5.74, 6) is -2.04. The van der Waals surface area contributed by atoms with Crippen LogP contribution in [-0.4, -0.2) is 27.1 Å². The van der Waals surface area contributed by atoms with E-state index in [-0.39, 0.29) is 10.6 Å². The van der Waals surface area contributed by atoms with Gasteiger partial charge in [-0.15, -0.1) is 11.3 Å². The van der Waals surface area contributed by atoms with Gasteiger partial charge in [-0.3, -0.25) is 0 Å². The molecule has 122 valence electrons. The third-order valence-corrected chi connectivity index (χ3v) is 5.14. The summed E-state index contributed by atoms with van der Waals surface area (Å²) in [5.41, 5.74) is 2.55. The molecule has 0 aliphatic carbocycles. The Labute approximate surface area is 145 Å². The summed E-state index contributed by atoms with van der Waals surface area (Å²) >= 11 is 1.12. The maximum atomic E-state index is 11.5. The van der Waals surface area contributed by atoms with Crippen molar-refractivity contribution in [1.29, 1.82) is 0 Å². The van der Waals surface area contributed by atoms with Crippen molar-refractivity contribution in [3.8, 4) is 11.1 Å². The second-order valence-electron chi connectivity index (χ2n) is 5.49. The standard InChI is InChI=1S/C19H11NO4S/c21-18(22)14-9-8-12(10-4-1-2-5-11(10)14)13-6-3-7-15-16(13)25-17(20-15)19(23)24/h1-9H,(H,21,22)(H,23,24). The van der Waals surface area contributed by atoms with Crippen molar-refractivity contribution in [2.45, 2.75) is 0 Å². The van der Waals surface area contributed by atoms with Gasteiger partial charge in [0.05, 0.1) is 15.8 Å². The Morgan fingerprint density at radius 2 is 1.56 bits per heavy atom. The minimum Gasteiger partial charge on any atom is -0.478 e. The number of rotatable bonds is 3. The van der Waals surface area contributed by atoms with E-state index in [9.17, 15) is 19.8 Å². The Bertz CT molecular complexity index is 1160. The Morgan fingerprint density at radius 3 is 2.28 bits per heavy atom. The van der Waals surface area contributed by atoms with Gasteiger partial charge in [-0.05, 0) is 28.5 Å². The van der Waals surface area contributed by atoms with Crippen LogP contribution < -0.4 is 0 Å². The lowest BCUT2D eigenvalue weighted by molar-refractivity contribution is 0.0687. The first-order chi connectivity index (χ1) is 12.1. The Morgan fingerprint density at radius 1 is 0.800 bits per heavy atom. The van der Waals surface area contributed by atoms with E-state index in [1.807, 2.05) is 24.3 Å². The molecule has 1 aromatic heterocycles. The van der Waals surface area contributed by atoms with Crippen molar-refractivity contribution >= 4 is 44.3 Å². The second kappa shape index (κ2) is 5.68. The molecule has 4 rings (SSSR count). The predicted octanol–water partition coefficient (Wildman–Crippen LogP) is 4.51. The number of carboxylic acids is 2. The van der Waals surface area contributed by atoms with Gasteiger partial charge in [-0.1, -0.05) is 42.5 Å². The molecule has 0 saturated carbocycles. The number of aromatic nitrogens is 1. The lowest BCUT2D eigenvalue weighted by Gasteiger charge is -2.10. The summed E-state index contributed by atoms with van der Waals surface area (Å²) in [6.45, 7) is 0. The monoisotopic (exact) mass is 349 g/mol. The van der Waals surface area contributed by atoms with Gasteiger partial charge < -0.3 is 10.2 Å². The lowest BCUT2D eigenvalue weighted by atomic mass is 9.95. The Hall–Kier alpha value is -3.25. The van der Waals surface area contributed by atoms with Gasteiger partial charge in [-0.2, -0.15) is 0 Å². The van der Waals surface area contributed by atoms with Crippen LogP contribution in [0.25, 0.3) is 32.1 Å². The highest BCUT2D eigenvalue weighted by Crippen LogP contribution is 2.37. The number of aromatic carboxylic acids is 2. The SMILES string of the molecule is O=C(O)c1nc2cccc(-c3ccc(C(=O)O)c4ccccc34)c2s1. The molecule has 0 amide bonds. The normalized spacial score (nSPS) is 11.0. The summed E-state index contributed by atoms with van der Waals surface area (Å²) in [6.07, 6.45) is 0. The largest absolute Gasteiger partial charge is 0.478 e. The van der Waals surface area contributed by atoms with Crippen LogP contribution in [0.3, 0.4) is 0 Å². The fourth-order valence-corrected chi connectivity index (χ4v) is 3.90. The molecule has 0 spiro atoms. The van der Waals surface area contributed by atoms with Gasteiger partial charge in [0.1, 0.15) is 0 Å². The maximum absolute atomic E-state index is 11.5. The van der Waals surface area contributed by atoms with Crippen LogP contribution in [0.4, 0.5) is 0 Å². The molecule has 4 aromatic rings. The topological polar surface area (TPSA) is 87.5 Å². The number of hydrogen-bond donors (Lipinski definition) is 2. The van der Waals surface area contributed by atoms with Crippen molar-refractivity contribution in [2.75, 3.05) is 0 Å². The molecule has 3 aromatic carbocycles. The van der Waals surface area contributed by atoms with Crippen molar-refractivity contribution in [3.63, 3.8) is 0 Å². The van der Waals surface area contributed by atoms with E-state index >= 15 is 0 Å². The highest BCUT2D eigenvalue weighted by molar-refractivity contribution is 7.20. The zero-order chi connectivity index (χ0) is 17.6. The van der Waals surface area contributed by atoms with Crippen LogP contribution >= 0.6 is 11.3 Å². The lowest BCUT2D eigenvalue weighted by Crippen LogP contribution is -1.98. The summed E-state index contributed by atoms with van der Waals surface area (Å²) < 4.78 is 0.771. The molecule has 0 aliphatic heterocycles. The van der Waals surface area contributed by atoms with Gasteiger partial charge in [0.25, 0.3) is 0 Å². The molecule has 2 N–H and O–H groups in total. The minimum atomic E-state index is -1.06. The number of fused-ring (bicyclic) bond motifs is 2. The van der Waals surface area contributed by atoms with Crippen molar-refractivity contribution in [2.24, 2.45) is 0 Å². The first-order valence-corrected chi connectivity index (χ1v) is 8.26. The Kier molecular flexibility index (Phi) is 3.47. The van der Waals surface area contributed by atoms with Gasteiger partial charge in [0.2, 0.25) is 5.01 Å². The molecular formula is C19H11NO4S. The third-order valence-electron chi connectivity index (χ3n) is 4.04. The predicted molar refractivity (Wildman–Crippen MR) is 96.5 cm³/mol. The van der Waals surface area contributed by atoms with E-state index in [4.69, 9.17) is 0 Å². The molecule has 1 heterocycles. The van der Waals surface area contributed by atoms with E-state index < -0.39 is 11.9 Å². The molecular weight excluding hydrogens is 338 g/mol. The minimum absolute atomic E-state index is 0.0360. The smallest absolute Gasteiger partial charge is 0.365 e. The average molecular weight is 349 g/mol. The highest BCUT2D eigenvalue weighted by Gasteiger charge is 2.17. The van der Waals surface area contributed by atoms with Crippen LogP contribution in [-0.2, 0) is 0 Å². The number of benzene rings is 3. The maximum Gasteiger partial charge on any atom is 0.365 e. The van der Waals surface area contributed by atoms with Crippen molar-refractivity contribution in [3.05, 3.63) is 65.2 Å². The quantitative estimate of drug-likeness (QED) is 0.568. The molecule has 0 saturated heterocycles. The number of carboxylic acid groups (broad SMARTS) is 2. The van der Waals surface area contributed by atoms with E-state index in [1.54, 1.807) is 30.3 Å². The molecule has 25 heavy (non-hydrogen) atoms. The van der Waals surface area contributed by atoms with Crippen LogP contribution in [0.1, 0.15) is 20.2 Å².